The van der Waals surface area contributed by atoms with E-state index in [1.54, 1.807) is 12.1 Å². The van der Waals surface area contributed by atoms with Crippen molar-refractivity contribution in [2.24, 2.45) is 0 Å². The van der Waals surface area contributed by atoms with Gasteiger partial charge in [0.15, 0.2) is 0 Å². The Hall–Kier alpha value is -1.81. The zero-order valence-electron chi connectivity index (χ0n) is 7.84. The molecule has 0 aliphatic carbocycles. The van der Waals surface area contributed by atoms with Gasteiger partial charge >= 0.3 is 0 Å². The number of nitrogen functional groups attached to an aromatic ring is 1. The molecule has 0 bridgehead atoms. The summed E-state index contributed by atoms with van der Waals surface area (Å²) in [6, 6.07) is 10.9. The molecular formula is C11H9NO2S. The average molecular weight is 219 g/mol. The molecule has 0 atom stereocenters. The van der Waals surface area contributed by atoms with Crippen molar-refractivity contribution in [3.63, 3.8) is 0 Å². The zero-order chi connectivity index (χ0) is 10.8. The summed E-state index contributed by atoms with van der Waals surface area (Å²) in [5, 5.41) is 2.90. The van der Waals surface area contributed by atoms with Gasteiger partial charge in [-0.1, -0.05) is 30.3 Å². The standard InChI is InChI=1S/C11H9NO2S/c12-11-6-5-8(7-15(13)14)9-3-1-2-4-10(9)11/h1-7H,12H2. The van der Waals surface area contributed by atoms with Crippen LogP contribution in [0.4, 0.5) is 5.69 Å². The number of nitrogens with two attached hydrogens (primary N) is 1. The van der Waals surface area contributed by atoms with Crippen molar-refractivity contribution in [3.8, 4) is 0 Å². The van der Waals surface area contributed by atoms with Crippen LogP contribution < -0.4 is 5.73 Å². The van der Waals surface area contributed by atoms with Crippen molar-refractivity contribution >= 4 is 32.1 Å². The molecule has 0 radical (unpaired) electrons. The zero-order valence-corrected chi connectivity index (χ0v) is 8.66. The van der Waals surface area contributed by atoms with Crippen molar-refractivity contribution in [2.75, 3.05) is 5.73 Å². The Morgan fingerprint density at radius 2 is 1.67 bits per heavy atom. The summed E-state index contributed by atoms with van der Waals surface area (Å²) < 4.78 is 21.2. The van der Waals surface area contributed by atoms with E-state index in [-0.39, 0.29) is 0 Å². The summed E-state index contributed by atoms with van der Waals surface area (Å²) >= 11 is 0. The Bertz CT molecular complexity index is 637. The molecule has 0 aliphatic heterocycles. The lowest BCUT2D eigenvalue weighted by Crippen LogP contribution is -1.91. The van der Waals surface area contributed by atoms with E-state index in [1.807, 2.05) is 24.3 Å². The Labute approximate surface area is 88.7 Å². The monoisotopic (exact) mass is 219 g/mol. The second kappa shape index (κ2) is 3.74. The number of fused-ring (bicyclic) bond motifs is 1. The Morgan fingerprint density at radius 1 is 1.00 bits per heavy atom. The molecule has 0 heterocycles. The quantitative estimate of drug-likeness (QED) is 0.583. The molecule has 0 aromatic heterocycles. The van der Waals surface area contributed by atoms with E-state index >= 15 is 0 Å². The highest BCUT2D eigenvalue weighted by Crippen LogP contribution is 2.23. The Morgan fingerprint density at radius 3 is 2.33 bits per heavy atom. The van der Waals surface area contributed by atoms with Gasteiger partial charge in [-0.2, -0.15) is 8.42 Å². The summed E-state index contributed by atoms with van der Waals surface area (Å²) in [5.74, 6) is 0. The van der Waals surface area contributed by atoms with Crippen molar-refractivity contribution in [1.82, 2.24) is 0 Å². The van der Waals surface area contributed by atoms with Crippen LogP contribution in [-0.2, 0) is 10.3 Å². The maximum atomic E-state index is 10.6. The van der Waals surface area contributed by atoms with Crippen LogP contribution in [0.25, 0.3) is 10.8 Å². The van der Waals surface area contributed by atoms with Gasteiger partial charge in [-0.05, 0) is 17.0 Å². The number of benzene rings is 2. The van der Waals surface area contributed by atoms with E-state index in [4.69, 9.17) is 5.73 Å². The van der Waals surface area contributed by atoms with Gasteiger partial charge < -0.3 is 5.73 Å². The average Bonchev–Trinajstić information content (AvgIpc) is 2.22. The lowest BCUT2D eigenvalue weighted by molar-refractivity contribution is 0.627. The molecule has 2 aromatic carbocycles. The van der Waals surface area contributed by atoms with Crippen molar-refractivity contribution in [1.29, 1.82) is 0 Å². The fraction of sp³-hybridized carbons (Fsp3) is 0. The minimum atomic E-state index is -2.20. The highest BCUT2D eigenvalue weighted by molar-refractivity contribution is 7.71. The molecule has 4 heteroatoms. The minimum absolute atomic E-state index is 0.652. The molecule has 0 aliphatic rings. The third-order valence-corrected chi connectivity index (χ3v) is 2.66. The topological polar surface area (TPSA) is 60.2 Å². The molecule has 0 saturated heterocycles. The molecule has 0 fully saturated rings. The molecule has 2 N–H and O–H groups in total. The van der Waals surface area contributed by atoms with Gasteiger partial charge in [-0.15, -0.1) is 0 Å². The summed E-state index contributed by atoms with van der Waals surface area (Å²) in [4.78, 5) is 0. The molecule has 0 saturated carbocycles. The lowest BCUT2D eigenvalue weighted by atomic mass is 10.0. The van der Waals surface area contributed by atoms with Crippen LogP contribution in [0, 0.1) is 0 Å². The summed E-state index contributed by atoms with van der Waals surface area (Å²) in [7, 11) is -2.20. The van der Waals surface area contributed by atoms with Crippen LogP contribution in [0.3, 0.4) is 0 Å². The van der Waals surface area contributed by atoms with E-state index < -0.39 is 10.3 Å². The van der Waals surface area contributed by atoms with Gasteiger partial charge in [0.25, 0.3) is 0 Å². The first-order valence-electron chi connectivity index (χ1n) is 4.38. The number of anilines is 1. The highest BCUT2D eigenvalue weighted by Gasteiger charge is 2.01. The molecule has 0 spiro atoms. The number of hydrogen-bond acceptors (Lipinski definition) is 3. The van der Waals surface area contributed by atoms with E-state index in [9.17, 15) is 8.42 Å². The largest absolute Gasteiger partial charge is 0.398 e. The predicted octanol–water partition coefficient (Wildman–Crippen LogP) is 1.45. The Balaban J connectivity index is 2.89. The van der Waals surface area contributed by atoms with E-state index in [1.165, 1.54) is 5.37 Å². The van der Waals surface area contributed by atoms with E-state index in [0.29, 0.717) is 11.3 Å². The Kier molecular flexibility index (Phi) is 2.43. The first-order valence-corrected chi connectivity index (χ1v) is 5.52. The van der Waals surface area contributed by atoms with Gasteiger partial charge in [0.05, 0.1) is 5.37 Å². The van der Waals surface area contributed by atoms with Crippen LogP contribution in [0.2, 0.25) is 0 Å². The van der Waals surface area contributed by atoms with Crippen LogP contribution in [0.15, 0.2) is 36.4 Å². The molecule has 2 aromatic rings. The van der Waals surface area contributed by atoms with Crippen LogP contribution >= 0.6 is 0 Å². The molecular weight excluding hydrogens is 210 g/mol. The van der Waals surface area contributed by atoms with Crippen LogP contribution in [-0.4, -0.2) is 13.8 Å². The summed E-state index contributed by atoms with van der Waals surface area (Å²) in [6.07, 6.45) is 0. The van der Waals surface area contributed by atoms with Gasteiger partial charge in [-0.3, -0.25) is 0 Å². The fourth-order valence-corrected chi connectivity index (χ4v) is 1.96. The van der Waals surface area contributed by atoms with E-state index in [0.717, 1.165) is 10.8 Å². The maximum absolute atomic E-state index is 10.6. The van der Waals surface area contributed by atoms with Crippen molar-refractivity contribution < 1.29 is 8.42 Å². The van der Waals surface area contributed by atoms with Gasteiger partial charge in [0, 0.05) is 11.1 Å². The summed E-state index contributed by atoms with van der Waals surface area (Å²) in [5.41, 5.74) is 7.10. The van der Waals surface area contributed by atoms with Crippen molar-refractivity contribution in [2.45, 2.75) is 0 Å². The predicted molar refractivity (Wildman–Crippen MR) is 62.4 cm³/mol. The minimum Gasteiger partial charge on any atom is -0.398 e. The molecule has 15 heavy (non-hydrogen) atoms. The summed E-state index contributed by atoms with van der Waals surface area (Å²) in [6.45, 7) is 0. The first-order chi connectivity index (χ1) is 7.18. The highest BCUT2D eigenvalue weighted by atomic mass is 32.2. The third-order valence-electron chi connectivity index (χ3n) is 2.21. The maximum Gasteiger partial charge on any atom is 0.214 e. The smallest absolute Gasteiger partial charge is 0.214 e. The molecule has 3 nitrogen and oxygen atoms in total. The van der Waals surface area contributed by atoms with Crippen LogP contribution in [0.1, 0.15) is 5.56 Å². The van der Waals surface area contributed by atoms with Gasteiger partial charge in [0.1, 0.15) is 0 Å². The van der Waals surface area contributed by atoms with Gasteiger partial charge in [0.2, 0.25) is 10.3 Å². The molecule has 0 unspecified atom stereocenters. The van der Waals surface area contributed by atoms with Crippen LogP contribution in [0.5, 0.6) is 0 Å². The fourth-order valence-electron chi connectivity index (χ4n) is 1.55. The van der Waals surface area contributed by atoms with Crippen molar-refractivity contribution in [3.05, 3.63) is 42.0 Å². The first kappa shape index (κ1) is 9.73. The number of hydrogen-bond donors (Lipinski definition) is 1. The lowest BCUT2D eigenvalue weighted by Gasteiger charge is -2.03. The SMILES string of the molecule is Nc1ccc(C=S(=O)=O)c2ccccc12. The second-order valence-corrected chi connectivity index (χ2v) is 3.92. The second-order valence-electron chi connectivity index (χ2n) is 3.17. The molecule has 76 valence electrons. The third kappa shape index (κ3) is 1.85. The van der Waals surface area contributed by atoms with E-state index in [2.05, 4.69) is 0 Å². The normalized spacial score (nSPS) is 10.1. The van der Waals surface area contributed by atoms with Gasteiger partial charge in [-0.25, -0.2) is 0 Å². The molecule has 0 amide bonds. The number of rotatable bonds is 1. The molecule has 2 rings (SSSR count).